The zero-order chi connectivity index (χ0) is 34.3. The van der Waals surface area contributed by atoms with Gasteiger partial charge in [0.25, 0.3) is 10.0 Å². The van der Waals surface area contributed by atoms with Gasteiger partial charge < -0.3 is 19.5 Å². The van der Waals surface area contributed by atoms with Crippen LogP contribution in [0.5, 0.6) is 11.5 Å². The number of carbonyl (C=O) groups excluding carboxylic acids is 1. The molecule has 246 valence electrons. The molecule has 5 rings (SSSR count). The first-order valence-electron chi connectivity index (χ1n) is 14.5. The molecule has 4 aromatic rings. The first kappa shape index (κ1) is 35.1. The molecule has 1 N–H and O–H groups in total. The molecule has 0 saturated carbocycles. The number of methoxy groups -OCH3 is 2. The highest BCUT2D eigenvalue weighted by atomic mass is 35.5. The summed E-state index contributed by atoms with van der Waals surface area (Å²) in [6, 6.07) is 21.6. The minimum atomic E-state index is -3.86. The first-order chi connectivity index (χ1) is 22.4. The van der Waals surface area contributed by atoms with Gasteiger partial charge in [0.1, 0.15) is 23.9 Å². The van der Waals surface area contributed by atoms with Crippen molar-refractivity contribution < 1.29 is 31.8 Å². The van der Waals surface area contributed by atoms with E-state index in [1.807, 2.05) is 19.1 Å². The highest BCUT2D eigenvalue weighted by Gasteiger charge is 2.31. The molecule has 0 fully saturated rings. The van der Waals surface area contributed by atoms with Gasteiger partial charge in [0.2, 0.25) is 0 Å². The fourth-order valence-corrected chi connectivity index (χ4v) is 6.68. The normalized spacial score (nSPS) is 12.6. The minimum absolute atomic E-state index is 0.132. The van der Waals surface area contributed by atoms with Gasteiger partial charge >= 0.3 is 5.97 Å². The van der Waals surface area contributed by atoms with Gasteiger partial charge in [-0.3, -0.25) is 4.31 Å². The van der Waals surface area contributed by atoms with Crippen molar-refractivity contribution in [1.82, 2.24) is 5.32 Å². The number of nitrogens with one attached hydrogen (secondary N) is 1. The van der Waals surface area contributed by atoms with Crippen LogP contribution >= 0.6 is 11.6 Å². The van der Waals surface area contributed by atoms with Crippen LogP contribution in [0.2, 0.25) is 5.02 Å². The first-order valence-corrected chi connectivity index (χ1v) is 16.3. The molecule has 0 radical (unpaired) electrons. The summed E-state index contributed by atoms with van der Waals surface area (Å²) in [5, 5.41) is 3.24. The maximum atomic E-state index is 14.3. The molecule has 0 aromatic heterocycles. The number of allylic oxidation sites excluding steroid dienone is 1. The van der Waals surface area contributed by atoms with Crippen LogP contribution in [0.25, 0.3) is 17.3 Å². The van der Waals surface area contributed by atoms with Crippen molar-refractivity contribution in [2.24, 2.45) is 0 Å². The summed E-state index contributed by atoms with van der Waals surface area (Å²) in [7, 11) is 0.807. The minimum Gasteiger partial charge on any atom is -0.496 e. The van der Waals surface area contributed by atoms with Crippen molar-refractivity contribution in [2.75, 3.05) is 38.7 Å². The van der Waals surface area contributed by atoms with Crippen LogP contribution in [-0.4, -0.2) is 48.8 Å². The Labute approximate surface area is 280 Å². The van der Waals surface area contributed by atoms with Gasteiger partial charge in [0.05, 0.1) is 41.9 Å². The van der Waals surface area contributed by atoms with Crippen molar-refractivity contribution in [1.29, 1.82) is 0 Å². The highest BCUT2D eigenvalue weighted by Crippen LogP contribution is 2.38. The molecule has 0 atom stereocenters. The predicted molar refractivity (Wildman–Crippen MR) is 185 cm³/mol. The Morgan fingerprint density at radius 2 is 1.74 bits per heavy atom. The van der Waals surface area contributed by atoms with Crippen LogP contribution in [0, 0.1) is 12.7 Å². The lowest BCUT2D eigenvalue weighted by atomic mass is 10.0. The maximum Gasteiger partial charge on any atom is 0.337 e. The fourth-order valence-electron chi connectivity index (χ4n) is 4.90. The molecular formula is C36H36ClFN2O6S. The van der Waals surface area contributed by atoms with E-state index >= 15 is 0 Å². The van der Waals surface area contributed by atoms with Gasteiger partial charge in [0, 0.05) is 24.4 Å². The second-order valence-corrected chi connectivity index (χ2v) is 12.8. The molecule has 0 spiro atoms. The van der Waals surface area contributed by atoms with Gasteiger partial charge in [0.15, 0.2) is 0 Å². The fraction of sp³-hybridized carbons (Fsp3) is 0.194. The maximum absolute atomic E-state index is 14.3. The van der Waals surface area contributed by atoms with E-state index in [1.165, 1.54) is 30.7 Å². The van der Waals surface area contributed by atoms with Crippen molar-refractivity contribution in [2.45, 2.75) is 18.7 Å². The zero-order valence-corrected chi connectivity index (χ0v) is 28.3. The Morgan fingerprint density at radius 3 is 2.38 bits per heavy atom. The number of rotatable bonds is 8. The van der Waals surface area contributed by atoms with E-state index in [0.29, 0.717) is 44.5 Å². The van der Waals surface area contributed by atoms with Crippen molar-refractivity contribution in [3.63, 3.8) is 0 Å². The molecule has 1 aliphatic rings. The van der Waals surface area contributed by atoms with Gasteiger partial charge in [-0.15, -0.1) is 0 Å². The third-order valence-electron chi connectivity index (χ3n) is 7.47. The number of halogens is 2. The number of hydrogen-bond acceptors (Lipinski definition) is 7. The van der Waals surface area contributed by atoms with Crippen molar-refractivity contribution in [3.05, 3.63) is 124 Å². The summed E-state index contributed by atoms with van der Waals surface area (Å²) < 4.78 is 58.3. The van der Waals surface area contributed by atoms with E-state index in [-0.39, 0.29) is 24.0 Å². The van der Waals surface area contributed by atoms with Gasteiger partial charge in [-0.25, -0.2) is 17.6 Å². The monoisotopic (exact) mass is 678 g/mol. The lowest BCUT2D eigenvalue weighted by Crippen LogP contribution is -2.38. The molecule has 0 saturated heterocycles. The lowest BCUT2D eigenvalue weighted by molar-refractivity contribution is 0.0600. The smallest absolute Gasteiger partial charge is 0.337 e. The lowest BCUT2D eigenvalue weighted by Gasteiger charge is -2.31. The summed E-state index contributed by atoms with van der Waals surface area (Å²) in [5.41, 5.74) is 5.20. The number of carbonyl (C=O) groups is 1. The van der Waals surface area contributed by atoms with Gasteiger partial charge in [-0.05, 0) is 78.6 Å². The van der Waals surface area contributed by atoms with Crippen molar-refractivity contribution >= 4 is 50.6 Å². The molecule has 47 heavy (non-hydrogen) atoms. The van der Waals surface area contributed by atoms with E-state index in [4.69, 9.17) is 21.1 Å². The number of aryl methyl sites for hydroxylation is 1. The third-order valence-corrected chi connectivity index (χ3v) is 9.59. The highest BCUT2D eigenvalue weighted by molar-refractivity contribution is 7.92. The molecule has 0 aliphatic carbocycles. The molecule has 0 bridgehead atoms. The number of sulfonamides is 1. The summed E-state index contributed by atoms with van der Waals surface area (Å²) in [6.45, 7) is 7.81. The summed E-state index contributed by atoms with van der Waals surface area (Å²) >= 11 is 6.19. The Kier molecular flexibility index (Phi) is 11.3. The topological polar surface area (TPSA) is 94.2 Å². The van der Waals surface area contributed by atoms with Crippen molar-refractivity contribution in [3.8, 4) is 11.5 Å². The summed E-state index contributed by atoms with van der Waals surface area (Å²) in [5.74, 6) is 0.211. The second-order valence-electron chi connectivity index (χ2n) is 10.5. The number of esters is 1. The number of hydrogen-bond donors (Lipinski definition) is 1. The summed E-state index contributed by atoms with van der Waals surface area (Å²) in [6.07, 6.45) is 1.76. The molecule has 11 heteroatoms. The standard InChI is InChI=1S/C25H23ClFNO4S.C11H13NO2/c1-16-7-9-19(15-24(16)31-3)33(29,30)28-11-12-32-23-10-8-18(14-22(23)28)13-17(2)25-20(26)5-4-6-21(25)27;1-8(12-2)9-4-6-10(7-5-9)11(13)14-3/h4-10,13-15H,11-12H2,1-3H3;4-7,12H,1H2,2-3H3/b17-13+;. The average molecular weight is 679 g/mol. The number of ether oxygens (including phenoxy) is 3. The van der Waals surface area contributed by atoms with E-state index in [9.17, 15) is 17.6 Å². The second kappa shape index (κ2) is 15.2. The molecule has 0 amide bonds. The predicted octanol–water partition coefficient (Wildman–Crippen LogP) is 7.61. The van der Waals surface area contributed by atoms with E-state index in [0.717, 1.165) is 16.8 Å². The number of nitrogens with zero attached hydrogens (tertiary/aromatic N) is 1. The third kappa shape index (κ3) is 7.96. The molecule has 1 aliphatic heterocycles. The van der Waals surface area contributed by atoms with Gasteiger partial charge in [-0.2, -0.15) is 0 Å². The van der Waals surface area contributed by atoms with Gasteiger partial charge in [-0.1, -0.05) is 54.6 Å². The Balaban J connectivity index is 0.000000300. The largest absolute Gasteiger partial charge is 0.496 e. The molecule has 4 aromatic carbocycles. The van der Waals surface area contributed by atoms with E-state index in [2.05, 4.69) is 16.6 Å². The van der Waals surface area contributed by atoms with E-state index in [1.54, 1.807) is 74.6 Å². The van der Waals surface area contributed by atoms with Crippen LogP contribution in [0.1, 0.15) is 39.5 Å². The molecular weight excluding hydrogens is 643 g/mol. The van der Waals surface area contributed by atoms with Crippen LogP contribution in [0.4, 0.5) is 10.1 Å². The Hall–Kier alpha value is -4.80. The average Bonchev–Trinajstić information content (AvgIpc) is 3.07. The number of anilines is 1. The Bertz CT molecular complexity index is 1870. The van der Waals surface area contributed by atoms with Crippen LogP contribution in [0.15, 0.2) is 90.3 Å². The molecule has 8 nitrogen and oxygen atoms in total. The number of benzene rings is 4. The molecule has 0 unspecified atom stereocenters. The van der Waals surface area contributed by atoms with E-state index < -0.39 is 15.8 Å². The van der Waals surface area contributed by atoms with Crippen LogP contribution < -0.4 is 19.1 Å². The van der Waals surface area contributed by atoms with Crippen LogP contribution in [-0.2, 0) is 14.8 Å². The Morgan fingerprint density at radius 1 is 1.04 bits per heavy atom. The van der Waals surface area contributed by atoms with Crippen LogP contribution in [0.3, 0.4) is 0 Å². The SMILES string of the molecule is C=C(NC)c1ccc(C(=O)OC)cc1.COc1cc(S(=O)(=O)N2CCOc3ccc(/C=C(\C)c4c(F)cccc4Cl)cc32)ccc1C. The molecule has 1 heterocycles. The number of fused-ring (bicyclic) bond motifs is 1. The summed E-state index contributed by atoms with van der Waals surface area (Å²) in [4.78, 5) is 11.2. The quantitative estimate of drug-likeness (QED) is 0.151. The zero-order valence-electron chi connectivity index (χ0n) is 26.8.